The van der Waals surface area contributed by atoms with Crippen LogP contribution in [0.3, 0.4) is 0 Å². The number of aryl methyl sites for hydroxylation is 2. The third kappa shape index (κ3) is 2.80. The van der Waals surface area contributed by atoms with Gasteiger partial charge in [0.2, 0.25) is 5.78 Å². The Morgan fingerprint density at radius 2 is 2.11 bits per heavy atom. The first-order valence-corrected chi connectivity index (χ1v) is 5.89. The summed E-state index contributed by atoms with van der Waals surface area (Å²) in [7, 11) is 0. The Morgan fingerprint density at radius 1 is 1.32 bits per heavy atom. The van der Waals surface area contributed by atoms with Gasteiger partial charge in [0, 0.05) is 0 Å². The number of hydrogen-bond donors (Lipinski definition) is 0. The molecule has 3 nitrogen and oxygen atoms in total. The van der Waals surface area contributed by atoms with Crippen LogP contribution < -0.4 is 0 Å². The molecule has 0 aliphatic carbocycles. The smallest absolute Gasteiger partial charge is 0.238 e. The van der Waals surface area contributed by atoms with Crippen LogP contribution in [-0.4, -0.2) is 5.78 Å². The second kappa shape index (κ2) is 5.36. The van der Waals surface area contributed by atoms with Crippen LogP contribution in [0.1, 0.15) is 27.2 Å². The molecule has 1 heterocycles. The Hall–Kier alpha value is -2.60. The van der Waals surface area contributed by atoms with Crippen molar-refractivity contribution in [3.63, 3.8) is 0 Å². The number of benzene rings is 1. The van der Waals surface area contributed by atoms with E-state index in [1.54, 1.807) is 18.2 Å². The van der Waals surface area contributed by atoms with E-state index >= 15 is 0 Å². The first-order chi connectivity index (χ1) is 9.11. The number of furan rings is 1. The van der Waals surface area contributed by atoms with Gasteiger partial charge in [-0.25, -0.2) is 0 Å². The Bertz CT molecular complexity index is 673. The summed E-state index contributed by atoms with van der Waals surface area (Å²) < 4.78 is 5.02. The Labute approximate surface area is 111 Å². The highest BCUT2D eigenvalue weighted by atomic mass is 16.3. The van der Waals surface area contributed by atoms with Crippen molar-refractivity contribution < 1.29 is 9.21 Å². The molecule has 0 unspecified atom stereocenters. The largest absolute Gasteiger partial charge is 0.461 e. The molecule has 0 saturated carbocycles. The second-order valence-electron chi connectivity index (χ2n) is 4.34. The predicted molar refractivity (Wildman–Crippen MR) is 72.5 cm³/mol. The Morgan fingerprint density at radius 3 is 2.68 bits per heavy atom. The number of nitriles is 1. The molecular formula is C16H13NO2. The van der Waals surface area contributed by atoms with E-state index in [4.69, 9.17) is 9.68 Å². The summed E-state index contributed by atoms with van der Waals surface area (Å²) in [5, 5.41) is 9.12. The average Bonchev–Trinajstić information content (AvgIpc) is 2.91. The van der Waals surface area contributed by atoms with E-state index in [9.17, 15) is 4.79 Å². The van der Waals surface area contributed by atoms with Crippen molar-refractivity contribution in [3.05, 3.63) is 64.6 Å². The van der Waals surface area contributed by atoms with Gasteiger partial charge in [0.1, 0.15) is 11.6 Å². The van der Waals surface area contributed by atoms with Gasteiger partial charge in [-0.3, -0.25) is 4.79 Å². The molecule has 0 fully saturated rings. The molecule has 0 aliphatic heterocycles. The molecule has 0 atom stereocenters. The summed E-state index contributed by atoms with van der Waals surface area (Å²) in [6.45, 7) is 3.95. The zero-order chi connectivity index (χ0) is 13.8. The predicted octanol–water partition coefficient (Wildman–Crippen LogP) is 3.69. The van der Waals surface area contributed by atoms with E-state index in [1.807, 2.05) is 38.1 Å². The Kier molecular flexibility index (Phi) is 3.63. The first-order valence-electron chi connectivity index (χ1n) is 5.89. The highest BCUT2D eigenvalue weighted by molar-refractivity contribution is 6.12. The van der Waals surface area contributed by atoms with Crippen LogP contribution in [0.5, 0.6) is 0 Å². The van der Waals surface area contributed by atoms with Crippen molar-refractivity contribution in [1.82, 2.24) is 0 Å². The molecule has 0 amide bonds. The molecule has 94 valence electrons. The maximum Gasteiger partial charge on any atom is 0.238 e. The van der Waals surface area contributed by atoms with Gasteiger partial charge in [-0.1, -0.05) is 23.8 Å². The summed E-state index contributed by atoms with van der Waals surface area (Å²) in [4.78, 5) is 12.0. The van der Waals surface area contributed by atoms with Gasteiger partial charge < -0.3 is 4.42 Å². The van der Waals surface area contributed by atoms with E-state index in [0.29, 0.717) is 0 Å². The molecule has 0 saturated heterocycles. The molecule has 0 bridgehead atoms. The van der Waals surface area contributed by atoms with Gasteiger partial charge in [-0.05, 0) is 43.2 Å². The minimum Gasteiger partial charge on any atom is -0.461 e. The molecule has 1 aromatic carbocycles. The minimum absolute atomic E-state index is 0.0712. The van der Waals surface area contributed by atoms with Crippen molar-refractivity contribution in [1.29, 1.82) is 5.26 Å². The molecule has 0 spiro atoms. The minimum atomic E-state index is -0.396. The zero-order valence-electron chi connectivity index (χ0n) is 10.8. The van der Waals surface area contributed by atoms with E-state index in [2.05, 4.69) is 0 Å². The standard InChI is InChI=1S/C16H13NO2/c1-11-5-6-13(12(2)8-11)9-14(10-17)16(18)15-4-3-7-19-15/h3-9H,1-2H3/b14-9+. The monoisotopic (exact) mass is 251 g/mol. The molecule has 2 aromatic rings. The molecule has 0 aliphatic rings. The number of ketones is 1. The molecule has 3 heteroatoms. The summed E-state index contributed by atoms with van der Waals surface area (Å²) in [6.07, 6.45) is 3.01. The van der Waals surface area contributed by atoms with Crippen LogP contribution in [0.2, 0.25) is 0 Å². The number of hydrogen-bond acceptors (Lipinski definition) is 3. The lowest BCUT2D eigenvalue weighted by molar-refractivity contribution is 0.101. The van der Waals surface area contributed by atoms with Gasteiger partial charge in [0.05, 0.1) is 6.26 Å². The molecule has 2 rings (SSSR count). The topological polar surface area (TPSA) is 54.0 Å². The number of carbonyl (C=O) groups excluding carboxylic acids is 1. The maximum atomic E-state index is 12.0. The van der Waals surface area contributed by atoms with Crippen LogP contribution >= 0.6 is 0 Å². The van der Waals surface area contributed by atoms with Gasteiger partial charge in [-0.15, -0.1) is 0 Å². The van der Waals surface area contributed by atoms with Crippen LogP contribution in [0.25, 0.3) is 6.08 Å². The van der Waals surface area contributed by atoms with Gasteiger partial charge in [0.25, 0.3) is 0 Å². The summed E-state index contributed by atoms with van der Waals surface area (Å²) >= 11 is 0. The van der Waals surface area contributed by atoms with E-state index < -0.39 is 5.78 Å². The zero-order valence-corrected chi connectivity index (χ0v) is 10.8. The third-order valence-electron chi connectivity index (χ3n) is 2.84. The molecule has 19 heavy (non-hydrogen) atoms. The molecule has 0 radical (unpaired) electrons. The van der Waals surface area contributed by atoms with Crippen LogP contribution in [-0.2, 0) is 0 Å². The molecular weight excluding hydrogens is 238 g/mol. The number of allylic oxidation sites excluding steroid dienone is 1. The average molecular weight is 251 g/mol. The normalized spacial score (nSPS) is 11.1. The highest BCUT2D eigenvalue weighted by Crippen LogP contribution is 2.17. The van der Waals surface area contributed by atoms with Crippen molar-refractivity contribution in [2.24, 2.45) is 0 Å². The quantitative estimate of drug-likeness (QED) is 0.475. The third-order valence-corrected chi connectivity index (χ3v) is 2.84. The maximum absolute atomic E-state index is 12.0. The lowest BCUT2D eigenvalue weighted by Gasteiger charge is -2.02. The fourth-order valence-electron chi connectivity index (χ4n) is 1.83. The summed E-state index contributed by atoms with van der Waals surface area (Å²) in [5.41, 5.74) is 3.11. The van der Waals surface area contributed by atoms with E-state index in [0.717, 1.165) is 16.7 Å². The van der Waals surface area contributed by atoms with Gasteiger partial charge in [0.15, 0.2) is 5.76 Å². The van der Waals surface area contributed by atoms with Gasteiger partial charge >= 0.3 is 0 Å². The number of rotatable bonds is 3. The fraction of sp³-hybridized carbons (Fsp3) is 0.125. The summed E-state index contributed by atoms with van der Waals surface area (Å²) in [6, 6.07) is 11.0. The second-order valence-corrected chi connectivity index (χ2v) is 4.34. The van der Waals surface area contributed by atoms with Crippen molar-refractivity contribution >= 4 is 11.9 Å². The first kappa shape index (κ1) is 12.8. The van der Waals surface area contributed by atoms with Crippen LogP contribution in [0.4, 0.5) is 0 Å². The van der Waals surface area contributed by atoms with Crippen LogP contribution in [0, 0.1) is 25.2 Å². The molecule has 0 N–H and O–H groups in total. The van der Waals surface area contributed by atoms with E-state index in [-0.39, 0.29) is 11.3 Å². The van der Waals surface area contributed by atoms with Crippen molar-refractivity contribution in [2.45, 2.75) is 13.8 Å². The number of Topliss-reactive ketones (excluding diaryl/α,β-unsaturated/α-hetero) is 1. The fourth-order valence-corrected chi connectivity index (χ4v) is 1.83. The summed E-state index contributed by atoms with van der Waals surface area (Å²) in [5.74, 6) is -0.218. The number of carbonyl (C=O) groups is 1. The number of nitrogens with zero attached hydrogens (tertiary/aromatic N) is 1. The molecule has 1 aromatic heterocycles. The lowest BCUT2D eigenvalue weighted by atomic mass is 10.0. The lowest BCUT2D eigenvalue weighted by Crippen LogP contribution is -2.00. The van der Waals surface area contributed by atoms with Gasteiger partial charge in [-0.2, -0.15) is 5.26 Å². The van der Waals surface area contributed by atoms with E-state index in [1.165, 1.54) is 6.26 Å². The van der Waals surface area contributed by atoms with Crippen LogP contribution in [0.15, 0.2) is 46.6 Å². The SMILES string of the molecule is Cc1ccc(/C=C(\C#N)C(=O)c2ccco2)c(C)c1. The highest BCUT2D eigenvalue weighted by Gasteiger charge is 2.14. The van der Waals surface area contributed by atoms with Crippen molar-refractivity contribution in [3.8, 4) is 6.07 Å². The van der Waals surface area contributed by atoms with Crippen molar-refractivity contribution in [2.75, 3.05) is 0 Å². The Balaban J connectivity index is 2.40.